The van der Waals surface area contributed by atoms with Gasteiger partial charge in [-0.3, -0.25) is 14.5 Å². The van der Waals surface area contributed by atoms with Crippen molar-refractivity contribution in [2.75, 3.05) is 16.8 Å². The zero-order chi connectivity index (χ0) is 21.1. The molecule has 0 fully saturated rings. The number of fused-ring (bicyclic) bond motifs is 1. The highest BCUT2D eigenvalue weighted by molar-refractivity contribution is 6.06. The fourth-order valence-electron chi connectivity index (χ4n) is 3.58. The number of carbonyl (C=O) groups is 2. The quantitative estimate of drug-likeness (QED) is 0.641. The van der Waals surface area contributed by atoms with E-state index in [2.05, 4.69) is 5.32 Å². The van der Waals surface area contributed by atoms with Gasteiger partial charge in [-0.25, -0.2) is 0 Å². The molecule has 3 aromatic rings. The van der Waals surface area contributed by atoms with E-state index in [1.165, 1.54) is 11.0 Å². The van der Waals surface area contributed by atoms with Crippen LogP contribution >= 0.6 is 0 Å². The number of phenolic OH excluding ortho intramolecular Hbond substituents is 1. The van der Waals surface area contributed by atoms with Gasteiger partial charge in [0.05, 0.1) is 12.3 Å². The van der Waals surface area contributed by atoms with Crippen molar-refractivity contribution in [1.82, 2.24) is 0 Å². The largest absolute Gasteiger partial charge is 0.506 e. The van der Waals surface area contributed by atoms with E-state index in [-0.39, 0.29) is 24.1 Å². The summed E-state index contributed by atoms with van der Waals surface area (Å²) in [6, 6.07) is 18.1. The first-order chi connectivity index (χ1) is 14.6. The first kappa shape index (κ1) is 19.4. The lowest BCUT2D eigenvalue weighted by atomic mass is 10.0. The number of carbonyl (C=O) groups excluding carboxylic acids is 2. The molecule has 0 unspecified atom stereocenters. The van der Waals surface area contributed by atoms with E-state index < -0.39 is 6.04 Å². The summed E-state index contributed by atoms with van der Waals surface area (Å²) in [4.78, 5) is 27.7. The number of rotatable bonds is 5. The van der Waals surface area contributed by atoms with Crippen molar-refractivity contribution in [3.63, 3.8) is 0 Å². The Hall–Kier alpha value is -3.87. The number of amides is 2. The van der Waals surface area contributed by atoms with Crippen LogP contribution in [-0.2, 0) is 16.1 Å². The lowest BCUT2D eigenvalue weighted by molar-refractivity contribution is -0.695. The molecule has 30 heavy (non-hydrogen) atoms. The van der Waals surface area contributed by atoms with Crippen LogP contribution in [0.4, 0.5) is 11.4 Å². The van der Waals surface area contributed by atoms with E-state index in [9.17, 15) is 14.7 Å². The van der Waals surface area contributed by atoms with Gasteiger partial charge < -0.3 is 15.2 Å². The molecule has 152 valence electrons. The monoisotopic (exact) mass is 404 g/mol. The molecule has 4 rings (SSSR count). The number of para-hydroxylation sites is 2. The van der Waals surface area contributed by atoms with Crippen LogP contribution in [0.5, 0.6) is 11.5 Å². The Balaban J connectivity index is 1.71. The number of hydrogen-bond donors (Lipinski definition) is 2. The van der Waals surface area contributed by atoms with Crippen LogP contribution in [0, 0.1) is 0 Å². The zero-order valence-electron chi connectivity index (χ0n) is 16.5. The summed E-state index contributed by atoms with van der Waals surface area (Å²) in [5.41, 5.74) is 1.54. The molecular weight excluding hydrogens is 382 g/mol. The van der Waals surface area contributed by atoms with Gasteiger partial charge in [-0.15, -0.1) is 0 Å². The number of aromatic hydroxyl groups is 1. The molecular formula is C23H22N3O4+. The molecule has 0 saturated carbocycles. The lowest BCUT2D eigenvalue weighted by Gasteiger charge is -2.32. The molecule has 1 aromatic heterocycles. The van der Waals surface area contributed by atoms with Crippen molar-refractivity contribution in [3.05, 3.63) is 78.6 Å². The molecule has 0 aliphatic carbocycles. The van der Waals surface area contributed by atoms with Gasteiger partial charge in [-0.05, 0) is 43.3 Å². The molecule has 0 radical (unpaired) electrons. The van der Waals surface area contributed by atoms with E-state index in [0.717, 1.165) is 0 Å². The highest BCUT2D eigenvalue weighted by atomic mass is 16.5. The second-order valence-electron chi connectivity index (χ2n) is 6.86. The summed E-state index contributed by atoms with van der Waals surface area (Å²) in [6.07, 6.45) is 1.77. The van der Waals surface area contributed by atoms with E-state index in [4.69, 9.17) is 4.74 Å². The number of nitrogens with one attached hydrogen (secondary N) is 1. The number of hydrogen-bond acceptors (Lipinski definition) is 4. The third-order valence-corrected chi connectivity index (χ3v) is 4.91. The van der Waals surface area contributed by atoms with Gasteiger partial charge in [-0.1, -0.05) is 18.2 Å². The number of phenols is 1. The predicted octanol–water partition coefficient (Wildman–Crippen LogP) is 2.81. The maximum absolute atomic E-state index is 13.4. The summed E-state index contributed by atoms with van der Waals surface area (Å²) in [7, 11) is 0. The normalized spacial score (nSPS) is 15.4. The summed E-state index contributed by atoms with van der Waals surface area (Å²) in [6.45, 7) is 2.54. The van der Waals surface area contributed by atoms with Crippen molar-refractivity contribution >= 4 is 23.2 Å². The minimum Gasteiger partial charge on any atom is -0.506 e. The highest BCUT2D eigenvalue weighted by Gasteiger charge is 2.44. The van der Waals surface area contributed by atoms with Gasteiger partial charge in [-0.2, -0.15) is 4.57 Å². The van der Waals surface area contributed by atoms with Gasteiger partial charge >= 0.3 is 0 Å². The van der Waals surface area contributed by atoms with Crippen LogP contribution in [-0.4, -0.2) is 23.5 Å². The smallest absolute Gasteiger partial charge is 0.294 e. The van der Waals surface area contributed by atoms with E-state index >= 15 is 0 Å². The first-order valence-corrected chi connectivity index (χ1v) is 9.70. The topological polar surface area (TPSA) is 82.8 Å². The summed E-state index contributed by atoms with van der Waals surface area (Å²) < 4.78 is 7.19. The van der Waals surface area contributed by atoms with Gasteiger partial charge in [0.15, 0.2) is 6.20 Å². The third-order valence-electron chi connectivity index (χ3n) is 4.91. The van der Waals surface area contributed by atoms with Crippen LogP contribution in [0.3, 0.4) is 0 Å². The van der Waals surface area contributed by atoms with Crippen molar-refractivity contribution in [2.45, 2.75) is 19.5 Å². The fourth-order valence-corrected chi connectivity index (χ4v) is 3.58. The zero-order valence-corrected chi connectivity index (χ0v) is 16.5. The van der Waals surface area contributed by atoms with E-state index in [0.29, 0.717) is 29.4 Å². The van der Waals surface area contributed by atoms with Gasteiger partial charge in [0, 0.05) is 17.8 Å². The number of aromatic nitrogens is 1. The average Bonchev–Trinajstić information content (AvgIpc) is 2.75. The van der Waals surface area contributed by atoms with Crippen LogP contribution in [0.15, 0.2) is 72.9 Å². The summed E-state index contributed by atoms with van der Waals surface area (Å²) in [5, 5.41) is 13.2. The maximum Gasteiger partial charge on any atom is 0.294 e. The van der Waals surface area contributed by atoms with Crippen LogP contribution in [0.25, 0.3) is 0 Å². The number of ether oxygens (including phenoxy) is 1. The van der Waals surface area contributed by atoms with Crippen LogP contribution in [0.1, 0.15) is 18.7 Å². The van der Waals surface area contributed by atoms with Gasteiger partial charge in [0.2, 0.25) is 18.3 Å². The minimum atomic E-state index is -0.938. The number of nitrogens with zero attached hydrogens (tertiary/aromatic N) is 2. The molecule has 7 heteroatoms. The molecule has 2 amide bonds. The molecule has 1 atom stereocenters. The standard InChI is InChI=1S/C23H21N3O4/c1-2-30-17-12-10-16(11-13-17)24-23(29)22-19-8-5-6-14-25(19)15-21(28)26(22)18-7-3-4-9-20(18)27/h3-14,22H,2,15H2,1H3,(H-,24,27,29)/p+1/t22-/m0/s1. The van der Waals surface area contributed by atoms with Gasteiger partial charge in [0.1, 0.15) is 11.5 Å². The molecule has 2 aromatic carbocycles. The number of benzene rings is 2. The number of anilines is 2. The Bertz CT molecular complexity index is 1080. The molecule has 2 heterocycles. The highest BCUT2D eigenvalue weighted by Crippen LogP contribution is 2.35. The molecule has 0 saturated heterocycles. The van der Waals surface area contributed by atoms with Crippen LogP contribution in [0.2, 0.25) is 0 Å². The molecule has 2 N–H and O–H groups in total. The SMILES string of the molecule is CCOc1ccc(NC(=O)[C@@H]2c3cccc[n+]3CC(=O)N2c2ccccc2O)cc1. The number of pyridine rings is 1. The average molecular weight is 404 g/mol. The van der Waals surface area contributed by atoms with E-state index in [1.807, 2.05) is 25.1 Å². The molecule has 1 aliphatic heterocycles. The molecule has 1 aliphatic rings. The lowest BCUT2D eigenvalue weighted by Crippen LogP contribution is -2.58. The maximum atomic E-state index is 13.4. The minimum absolute atomic E-state index is 0.0610. The van der Waals surface area contributed by atoms with Crippen molar-refractivity contribution < 1.29 is 24.0 Å². The first-order valence-electron chi connectivity index (χ1n) is 9.70. The third kappa shape index (κ3) is 3.69. The molecule has 0 spiro atoms. The molecule has 7 nitrogen and oxygen atoms in total. The van der Waals surface area contributed by atoms with Gasteiger partial charge in [0.25, 0.3) is 11.8 Å². The van der Waals surface area contributed by atoms with Crippen molar-refractivity contribution in [3.8, 4) is 11.5 Å². The van der Waals surface area contributed by atoms with E-state index in [1.54, 1.807) is 53.2 Å². The Morgan fingerprint density at radius 3 is 2.60 bits per heavy atom. The summed E-state index contributed by atoms with van der Waals surface area (Å²) >= 11 is 0. The Kier molecular flexibility index (Phi) is 5.34. The molecule has 0 bridgehead atoms. The van der Waals surface area contributed by atoms with Crippen molar-refractivity contribution in [2.24, 2.45) is 0 Å². The Morgan fingerprint density at radius 2 is 1.87 bits per heavy atom. The Labute approximate surface area is 174 Å². The van der Waals surface area contributed by atoms with Crippen molar-refractivity contribution in [1.29, 1.82) is 0 Å². The summed E-state index contributed by atoms with van der Waals surface area (Å²) in [5.74, 6) is -0.0170. The predicted molar refractivity (Wildman–Crippen MR) is 111 cm³/mol. The van der Waals surface area contributed by atoms with Crippen LogP contribution < -0.4 is 19.5 Å². The Morgan fingerprint density at radius 1 is 1.13 bits per heavy atom. The fraction of sp³-hybridized carbons (Fsp3) is 0.174. The second kappa shape index (κ2) is 8.24. The second-order valence-corrected chi connectivity index (χ2v) is 6.86.